The molecule has 4 heteroatoms. The molecule has 1 heterocycles. The molecule has 1 saturated heterocycles. The Morgan fingerprint density at radius 3 is 2.45 bits per heavy atom. The fourth-order valence-electron chi connectivity index (χ4n) is 2.27. The summed E-state index contributed by atoms with van der Waals surface area (Å²) in [5, 5.41) is 6.16. The summed E-state index contributed by atoms with van der Waals surface area (Å²) < 4.78 is 5.69. The average molecular weight is 296 g/mol. The molecule has 4 nitrogen and oxygen atoms in total. The number of carbonyl (C=O) groups is 1. The number of benzene rings is 2. The number of carbonyl (C=O) groups excluding carboxylic acids is 1. The molecule has 0 atom stereocenters. The summed E-state index contributed by atoms with van der Waals surface area (Å²) in [4.78, 5) is 12.0. The van der Waals surface area contributed by atoms with Crippen molar-refractivity contribution in [3.8, 4) is 5.75 Å². The number of amides is 1. The van der Waals surface area contributed by atoms with Crippen molar-refractivity contribution in [1.82, 2.24) is 10.6 Å². The van der Waals surface area contributed by atoms with E-state index in [-0.39, 0.29) is 5.91 Å². The predicted molar refractivity (Wildman–Crippen MR) is 85.9 cm³/mol. The summed E-state index contributed by atoms with van der Waals surface area (Å²) in [5.74, 6) is 1.41. The van der Waals surface area contributed by atoms with E-state index in [9.17, 15) is 4.79 Å². The minimum Gasteiger partial charge on any atom is -0.489 e. The molecule has 0 unspecified atom stereocenters. The Kier molecular flexibility index (Phi) is 4.71. The third-order valence-corrected chi connectivity index (χ3v) is 3.78. The standard InChI is InChI=1S/C18H20N2O2/c21-18(20-12-15-10-19-11-15)16-8-6-14(7-9-16)13-22-17-4-2-1-3-5-17/h1-9,15,19H,10-13H2,(H,20,21). The second-order valence-corrected chi connectivity index (χ2v) is 5.53. The Labute approximate surface area is 130 Å². The first-order valence-corrected chi connectivity index (χ1v) is 7.57. The molecule has 0 spiro atoms. The van der Waals surface area contributed by atoms with Crippen molar-refractivity contribution >= 4 is 5.91 Å². The third kappa shape index (κ3) is 3.86. The van der Waals surface area contributed by atoms with Crippen molar-refractivity contribution in [2.75, 3.05) is 19.6 Å². The molecule has 114 valence electrons. The van der Waals surface area contributed by atoms with Gasteiger partial charge in [-0.05, 0) is 29.8 Å². The Hall–Kier alpha value is -2.33. The molecular weight excluding hydrogens is 276 g/mol. The van der Waals surface area contributed by atoms with E-state index in [0.717, 1.165) is 30.9 Å². The van der Waals surface area contributed by atoms with E-state index in [2.05, 4.69) is 10.6 Å². The van der Waals surface area contributed by atoms with E-state index in [0.29, 0.717) is 18.1 Å². The quantitative estimate of drug-likeness (QED) is 0.859. The summed E-state index contributed by atoms with van der Waals surface area (Å²) in [6.45, 7) is 3.23. The Morgan fingerprint density at radius 1 is 1.09 bits per heavy atom. The summed E-state index contributed by atoms with van der Waals surface area (Å²) in [6.07, 6.45) is 0. The highest BCUT2D eigenvalue weighted by Crippen LogP contribution is 2.12. The van der Waals surface area contributed by atoms with E-state index in [1.807, 2.05) is 54.6 Å². The molecule has 2 aromatic rings. The lowest BCUT2D eigenvalue weighted by Gasteiger charge is -2.27. The lowest BCUT2D eigenvalue weighted by molar-refractivity contribution is 0.0942. The van der Waals surface area contributed by atoms with Crippen LogP contribution >= 0.6 is 0 Å². The average Bonchev–Trinajstić information content (AvgIpc) is 2.53. The van der Waals surface area contributed by atoms with E-state index in [1.165, 1.54) is 0 Å². The van der Waals surface area contributed by atoms with Crippen molar-refractivity contribution in [2.24, 2.45) is 5.92 Å². The van der Waals surface area contributed by atoms with Crippen LogP contribution in [0.15, 0.2) is 54.6 Å². The Bertz CT molecular complexity index is 607. The second kappa shape index (κ2) is 7.09. The van der Waals surface area contributed by atoms with Crippen LogP contribution in [0.2, 0.25) is 0 Å². The maximum atomic E-state index is 12.0. The number of rotatable bonds is 6. The number of nitrogens with one attached hydrogen (secondary N) is 2. The van der Waals surface area contributed by atoms with Gasteiger partial charge in [0.05, 0.1) is 0 Å². The number of para-hydroxylation sites is 1. The molecule has 2 N–H and O–H groups in total. The lowest BCUT2D eigenvalue weighted by atomic mass is 10.0. The van der Waals surface area contributed by atoms with Crippen LogP contribution in [0.3, 0.4) is 0 Å². The summed E-state index contributed by atoms with van der Waals surface area (Å²) in [5.41, 5.74) is 1.74. The Balaban J connectivity index is 1.49. The summed E-state index contributed by atoms with van der Waals surface area (Å²) >= 11 is 0. The SMILES string of the molecule is O=C(NCC1CNC1)c1ccc(COc2ccccc2)cc1. The molecule has 0 radical (unpaired) electrons. The van der Waals surface area contributed by atoms with Crippen LogP contribution in [0.5, 0.6) is 5.75 Å². The van der Waals surface area contributed by atoms with Gasteiger partial charge >= 0.3 is 0 Å². The molecule has 1 aliphatic rings. The van der Waals surface area contributed by atoms with E-state index < -0.39 is 0 Å². The van der Waals surface area contributed by atoms with Crippen LogP contribution in [-0.4, -0.2) is 25.5 Å². The minimum atomic E-state index is -0.0116. The zero-order chi connectivity index (χ0) is 15.2. The minimum absolute atomic E-state index is 0.0116. The van der Waals surface area contributed by atoms with Gasteiger partial charge in [0.2, 0.25) is 0 Å². The first-order valence-electron chi connectivity index (χ1n) is 7.57. The van der Waals surface area contributed by atoms with Gasteiger partial charge in [0.15, 0.2) is 0 Å². The van der Waals surface area contributed by atoms with E-state index in [1.54, 1.807) is 0 Å². The van der Waals surface area contributed by atoms with Gasteiger partial charge in [-0.3, -0.25) is 4.79 Å². The molecule has 3 rings (SSSR count). The first-order chi connectivity index (χ1) is 10.8. The van der Waals surface area contributed by atoms with Crippen LogP contribution in [0.25, 0.3) is 0 Å². The van der Waals surface area contributed by atoms with Crippen molar-refractivity contribution in [3.63, 3.8) is 0 Å². The van der Waals surface area contributed by atoms with Gasteiger partial charge < -0.3 is 15.4 Å². The van der Waals surface area contributed by atoms with Crippen molar-refractivity contribution < 1.29 is 9.53 Å². The lowest BCUT2D eigenvalue weighted by Crippen LogP contribution is -2.48. The smallest absolute Gasteiger partial charge is 0.251 e. The zero-order valence-electron chi connectivity index (χ0n) is 12.4. The fourth-order valence-corrected chi connectivity index (χ4v) is 2.27. The van der Waals surface area contributed by atoms with E-state index in [4.69, 9.17) is 4.74 Å². The zero-order valence-corrected chi connectivity index (χ0v) is 12.4. The van der Waals surface area contributed by atoms with Crippen molar-refractivity contribution in [3.05, 3.63) is 65.7 Å². The van der Waals surface area contributed by atoms with Gasteiger partial charge in [0, 0.05) is 31.1 Å². The van der Waals surface area contributed by atoms with Crippen LogP contribution in [-0.2, 0) is 6.61 Å². The highest BCUT2D eigenvalue weighted by Gasteiger charge is 2.17. The van der Waals surface area contributed by atoms with Gasteiger partial charge in [-0.1, -0.05) is 30.3 Å². The monoisotopic (exact) mass is 296 g/mol. The number of ether oxygens (including phenoxy) is 1. The van der Waals surface area contributed by atoms with Gasteiger partial charge in [-0.25, -0.2) is 0 Å². The molecular formula is C18H20N2O2. The maximum Gasteiger partial charge on any atom is 0.251 e. The van der Waals surface area contributed by atoms with Crippen molar-refractivity contribution in [2.45, 2.75) is 6.61 Å². The maximum absolute atomic E-state index is 12.0. The van der Waals surface area contributed by atoms with Gasteiger partial charge in [0.25, 0.3) is 5.91 Å². The Morgan fingerprint density at radius 2 is 1.82 bits per heavy atom. The van der Waals surface area contributed by atoms with Crippen LogP contribution < -0.4 is 15.4 Å². The first kappa shape index (κ1) is 14.6. The second-order valence-electron chi connectivity index (χ2n) is 5.53. The molecule has 1 aliphatic heterocycles. The van der Waals surface area contributed by atoms with E-state index >= 15 is 0 Å². The summed E-state index contributed by atoms with van der Waals surface area (Å²) in [7, 11) is 0. The molecule has 0 saturated carbocycles. The fraction of sp³-hybridized carbons (Fsp3) is 0.278. The molecule has 1 fully saturated rings. The largest absolute Gasteiger partial charge is 0.489 e. The normalized spacial score (nSPS) is 14.2. The molecule has 2 aromatic carbocycles. The summed E-state index contributed by atoms with van der Waals surface area (Å²) in [6, 6.07) is 17.3. The molecule has 0 bridgehead atoms. The highest BCUT2D eigenvalue weighted by molar-refractivity contribution is 5.94. The van der Waals surface area contributed by atoms with Crippen LogP contribution in [0, 0.1) is 5.92 Å². The highest BCUT2D eigenvalue weighted by atomic mass is 16.5. The van der Waals surface area contributed by atoms with Crippen LogP contribution in [0.4, 0.5) is 0 Å². The number of hydrogen-bond acceptors (Lipinski definition) is 3. The molecule has 0 aromatic heterocycles. The van der Waals surface area contributed by atoms with Gasteiger partial charge in [-0.15, -0.1) is 0 Å². The molecule has 22 heavy (non-hydrogen) atoms. The van der Waals surface area contributed by atoms with Gasteiger partial charge in [0.1, 0.15) is 12.4 Å². The molecule has 0 aliphatic carbocycles. The number of hydrogen-bond donors (Lipinski definition) is 2. The van der Waals surface area contributed by atoms with Crippen molar-refractivity contribution in [1.29, 1.82) is 0 Å². The van der Waals surface area contributed by atoms with Gasteiger partial charge in [-0.2, -0.15) is 0 Å². The predicted octanol–water partition coefficient (Wildman–Crippen LogP) is 2.21. The molecule has 1 amide bonds. The topological polar surface area (TPSA) is 50.4 Å². The third-order valence-electron chi connectivity index (χ3n) is 3.78. The van der Waals surface area contributed by atoms with Crippen LogP contribution in [0.1, 0.15) is 15.9 Å².